The molecule has 0 unspecified atom stereocenters. The van der Waals surface area contributed by atoms with Crippen molar-refractivity contribution in [2.24, 2.45) is 0 Å². The number of hydrogen-bond donors (Lipinski definition) is 0. The van der Waals surface area contributed by atoms with Crippen LogP contribution >= 0.6 is 0 Å². The Balaban J connectivity index is 1.09. The van der Waals surface area contributed by atoms with Crippen LogP contribution in [-0.4, -0.2) is 54.8 Å². The lowest BCUT2D eigenvalue weighted by atomic mass is 9.77. The van der Waals surface area contributed by atoms with Crippen LogP contribution in [0.4, 0.5) is 0 Å². The molecule has 2 aliphatic rings. The van der Waals surface area contributed by atoms with E-state index in [-0.39, 0.29) is 0 Å². The third kappa shape index (κ3) is 6.84. The van der Waals surface area contributed by atoms with Crippen LogP contribution in [0.2, 0.25) is 0 Å². The van der Waals surface area contributed by atoms with Gasteiger partial charge in [-0.25, -0.2) is 4.98 Å². The molecule has 346 valence electrons. The average Bonchev–Trinajstić information content (AvgIpc) is 3.42. The Morgan fingerprint density at radius 1 is 0.314 bits per heavy atom. The van der Waals surface area contributed by atoms with Crippen LogP contribution in [0.1, 0.15) is 22.3 Å². The Morgan fingerprint density at radius 2 is 0.714 bits per heavy atom. The summed E-state index contributed by atoms with van der Waals surface area (Å²) in [6.07, 6.45) is 3.58. The Labute approximate surface area is 406 Å². The number of benzene rings is 9. The molecule has 0 bridgehead atoms. The minimum Gasteiger partial charge on any atom is -0.497 e. The Bertz CT molecular complexity index is 3560. The van der Waals surface area contributed by atoms with E-state index < -0.39 is 0 Å². The zero-order chi connectivity index (χ0) is 47.8. The van der Waals surface area contributed by atoms with Crippen LogP contribution in [0.25, 0.3) is 99.0 Å². The van der Waals surface area contributed by atoms with Crippen molar-refractivity contribution in [2.75, 3.05) is 49.8 Å². The summed E-state index contributed by atoms with van der Waals surface area (Å²) in [5.74, 6) is 5.12. The molecule has 0 aliphatic heterocycles. The van der Waals surface area contributed by atoms with Crippen molar-refractivity contribution in [3.63, 3.8) is 0 Å². The molecule has 10 aromatic rings. The second kappa shape index (κ2) is 17.1. The lowest BCUT2D eigenvalue weighted by Crippen LogP contribution is -2.15. The van der Waals surface area contributed by atoms with Gasteiger partial charge in [-0.3, -0.25) is 0 Å². The van der Waals surface area contributed by atoms with E-state index in [1.807, 2.05) is 12.1 Å². The van der Waals surface area contributed by atoms with Crippen molar-refractivity contribution < 1.29 is 33.2 Å². The van der Waals surface area contributed by atoms with E-state index in [0.717, 1.165) is 131 Å². The third-order valence-corrected chi connectivity index (χ3v) is 14.7. The molecule has 0 saturated heterocycles. The van der Waals surface area contributed by atoms with Gasteiger partial charge >= 0.3 is 0 Å². The molecule has 1 aromatic heterocycles. The third-order valence-electron chi connectivity index (χ3n) is 14.7. The summed E-state index contributed by atoms with van der Waals surface area (Å²) in [5, 5.41) is 8.59. The Hall–Kier alpha value is -8.23. The maximum Gasteiger partial charge on any atom is 0.161 e. The van der Waals surface area contributed by atoms with Crippen molar-refractivity contribution in [3.05, 3.63) is 156 Å². The number of pyridine rings is 1. The molecule has 0 N–H and O–H groups in total. The van der Waals surface area contributed by atoms with Crippen molar-refractivity contribution in [2.45, 2.75) is 25.7 Å². The highest BCUT2D eigenvalue weighted by atomic mass is 16.5. The first-order valence-electron chi connectivity index (χ1n) is 23.6. The topological polar surface area (TPSA) is 77.5 Å². The fourth-order valence-corrected chi connectivity index (χ4v) is 11.2. The summed E-state index contributed by atoms with van der Waals surface area (Å²) in [6, 6.07) is 47.9. The molecular formula is C62H51NO7. The van der Waals surface area contributed by atoms with Gasteiger partial charge in [0.15, 0.2) is 23.0 Å². The monoisotopic (exact) mass is 921 g/mol. The van der Waals surface area contributed by atoms with E-state index >= 15 is 0 Å². The number of ether oxygens (including phenoxy) is 7. The summed E-state index contributed by atoms with van der Waals surface area (Å²) in [4.78, 5) is 5.86. The predicted molar refractivity (Wildman–Crippen MR) is 282 cm³/mol. The molecule has 0 fully saturated rings. The van der Waals surface area contributed by atoms with E-state index in [1.165, 1.54) is 33.4 Å². The Morgan fingerprint density at radius 3 is 1.13 bits per heavy atom. The number of aromatic nitrogens is 1. The van der Waals surface area contributed by atoms with E-state index in [1.54, 1.807) is 49.8 Å². The second-order valence-corrected chi connectivity index (χ2v) is 18.1. The van der Waals surface area contributed by atoms with E-state index in [2.05, 4.69) is 121 Å². The lowest BCUT2D eigenvalue weighted by molar-refractivity contribution is 0.356. The number of rotatable bonds is 10. The van der Waals surface area contributed by atoms with Crippen molar-refractivity contribution in [1.29, 1.82) is 0 Å². The van der Waals surface area contributed by atoms with E-state index in [0.29, 0.717) is 23.0 Å². The van der Waals surface area contributed by atoms with Crippen LogP contribution in [-0.2, 0) is 25.7 Å². The molecule has 0 radical (unpaired) electrons. The van der Waals surface area contributed by atoms with E-state index in [9.17, 15) is 0 Å². The molecule has 2 aliphatic carbocycles. The fraction of sp³-hybridized carbons (Fsp3) is 0.177. The summed E-state index contributed by atoms with van der Waals surface area (Å²) in [5.41, 5.74) is 16.3. The van der Waals surface area contributed by atoms with Crippen LogP contribution in [0.15, 0.2) is 133 Å². The summed E-state index contributed by atoms with van der Waals surface area (Å²) in [6.45, 7) is 0. The van der Waals surface area contributed by atoms with Gasteiger partial charge < -0.3 is 33.2 Å². The maximum absolute atomic E-state index is 5.90. The smallest absolute Gasteiger partial charge is 0.161 e. The molecule has 9 aromatic carbocycles. The molecule has 8 nitrogen and oxygen atoms in total. The molecule has 12 rings (SSSR count). The first-order chi connectivity index (χ1) is 34.3. The highest BCUT2D eigenvalue weighted by Crippen LogP contribution is 2.50. The Kier molecular flexibility index (Phi) is 10.5. The fourth-order valence-electron chi connectivity index (χ4n) is 11.2. The van der Waals surface area contributed by atoms with Gasteiger partial charge in [-0.05, 0) is 209 Å². The highest BCUT2D eigenvalue weighted by Gasteiger charge is 2.30. The second-order valence-electron chi connectivity index (χ2n) is 18.1. The zero-order valence-corrected chi connectivity index (χ0v) is 40.3. The van der Waals surface area contributed by atoms with Gasteiger partial charge in [-0.1, -0.05) is 48.5 Å². The quantitative estimate of drug-likeness (QED) is 0.126. The first-order valence-corrected chi connectivity index (χ1v) is 23.6. The van der Waals surface area contributed by atoms with E-state index in [4.69, 9.17) is 38.1 Å². The van der Waals surface area contributed by atoms with Crippen LogP contribution in [0.5, 0.6) is 40.2 Å². The number of nitrogens with zero attached hydrogens (tertiary/aromatic N) is 1. The summed E-state index contributed by atoms with van der Waals surface area (Å²) < 4.78 is 40.6. The molecule has 8 heteroatoms. The maximum atomic E-state index is 5.90. The minimum atomic E-state index is 0.674. The SMILES string of the molecule is COc1ccc(-c2c3c(nc4c2CCc2ccc(-c5cc6ccc(OC)cc6c6cc(OC)c(OC)cc56)cc2-4)-c2cc(-c4cc5ccc(OC)cc5c5cc(OC)c(OC)cc45)ccc2CC3)cc1. The molecule has 0 spiro atoms. The molecule has 0 saturated carbocycles. The molecule has 0 atom stereocenters. The van der Waals surface area contributed by atoms with Crippen LogP contribution < -0.4 is 33.2 Å². The first kappa shape index (κ1) is 43.1. The zero-order valence-electron chi connectivity index (χ0n) is 40.3. The summed E-state index contributed by atoms with van der Waals surface area (Å²) >= 11 is 0. The number of hydrogen-bond acceptors (Lipinski definition) is 8. The summed E-state index contributed by atoms with van der Waals surface area (Å²) in [7, 11) is 11.9. The van der Waals surface area contributed by atoms with Crippen LogP contribution in [0, 0.1) is 0 Å². The molecular weight excluding hydrogens is 871 g/mol. The predicted octanol–water partition coefficient (Wildman–Crippen LogP) is 14.3. The highest BCUT2D eigenvalue weighted by molar-refractivity contribution is 6.16. The van der Waals surface area contributed by atoms with Crippen LogP contribution in [0.3, 0.4) is 0 Å². The van der Waals surface area contributed by atoms with Gasteiger partial charge in [0.25, 0.3) is 0 Å². The standard InChI is InChI=1S/C62H51NO7/c1-64-41-18-12-36(13-19-41)60-44-22-16-34-8-10-37(46-24-39-14-20-42(65-2)28-48(39)54-32-58(69-6)56(67-4)30-52(46)54)26-50(34)61(44)63-62-45(60)23-17-35-9-11-38(27-51(35)62)47-25-40-15-21-43(66-3)29-49(40)55-33-59(70-7)57(68-5)31-53(47)55/h8-15,18-21,24-33H,16-17,22-23H2,1-7H3. The van der Waals surface area contributed by atoms with Gasteiger partial charge in [0.2, 0.25) is 0 Å². The van der Waals surface area contributed by atoms with Gasteiger partial charge in [0.1, 0.15) is 17.2 Å². The minimum absolute atomic E-state index is 0.674. The van der Waals surface area contributed by atoms with Gasteiger partial charge in [-0.15, -0.1) is 0 Å². The normalized spacial score (nSPS) is 12.6. The molecule has 70 heavy (non-hydrogen) atoms. The molecule has 0 amide bonds. The average molecular weight is 922 g/mol. The number of aryl methyl sites for hydroxylation is 2. The largest absolute Gasteiger partial charge is 0.497 e. The van der Waals surface area contributed by atoms with Gasteiger partial charge in [0.05, 0.1) is 61.2 Å². The molecule has 1 heterocycles. The van der Waals surface area contributed by atoms with Gasteiger partial charge in [-0.2, -0.15) is 0 Å². The van der Waals surface area contributed by atoms with Crippen molar-refractivity contribution >= 4 is 43.1 Å². The number of fused-ring (bicyclic) bond motifs is 12. The van der Waals surface area contributed by atoms with Gasteiger partial charge in [0, 0.05) is 11.1 Å². The van der Waals surface area contributed by atoms with Crippen molar-refractivity contribution in [1.82, 2.24) is 4.98 Å². The van der Waals surface area contributed by atoms with Crippen molar-refractivity contribution in [3.8, 4) is 96.1 Å². The number of methoxy groups -OCH3 is 7. The lowest BCUT2D eigenvalue weighted by Gasteiger charge is -2.30.